The van der Waals surface area contributed by atoms with Crippen molar-refractivity contribution in [3.8, 4) is 0 Å². The SMILES string of the molecule is O=C1C2CCC(C2)C1(Cl)Cl. The van der Waals surface area contributed by atoms with Crippen LogP contribution >= 0.6 is 23.2 Å². The molecule has 2 saturated carbocycles. The number of hydrogen-bond acceptors (Lipinski definition) is 1. The highest BCUT2D eigenvalue weighted by atomic mass is 35.5. The van der Waals surface area contributed by atoms with Gasteiger partial charge in [0, 0.05) is 5.92 Å². The third-order valence-electron chi connectivity index (χ3n) is 2.64. The highest BCUT2D eigenvalue weighted by Crippen LogP contribution is 2.53. The zero-order valence-electron chi connectivity index (χ0n) is 5.44. The smallest absolute Gasteiger partial charge is 0.179 e. The third-order valence-corrected chi connectivity index (χ3v) is 3.63. The van der Waals surface area contributed by atoms with Crippen molar-refractivity contribution in [3.63, 3.8) is 0 Å². The average molecular weight is 179 g/mol. The monoisotopic (exact) mass is 178 g/mol. The van der Waals surface area contributed by atoms with Crippen LogP contribution in [0.15, 0.2) is 0 Å². The van der Waals surface area contributed by atoms with Crippen LogP contribution in [0.3, 0.4) is 0 Å². The first kappa shape index (κ1) is 6.93. The van der Waals surface area contributed by atoms with Crippen molar-refractivity contribution in [2.45, 2.75) is 23.6 Å². The van der Waals surface area contributed by atoms with Crippen LogP contribution in [0.25, 0.3) is 0 Å². The Morgan fingerprint density at radius 2 is 2.10 bits per heavy atom. The fourth-order valence-electron chi connectivity index (χ4n) is 2.02. The summed E-state index contributed by atoms with van der Waals surface area (Å²) in [5.74, 6) is 0.486. The summed E-state index contributed by atoms with van der Waals surface area (Å²) in [4.78, 5) is 11.2. The second-order valence-corrected chi connectivity index (χ2v) is 4.58. The molecule has 0 saturated heterocycles. The quantitative estimate of drug-likeness (QED) is 0.520. The summed E-state index contributed by atoms with van der Waals surface area (Å²) in [5, 5.41) is 0. The summed E-state index contributed by atoms with van der Waals surface area (Å²) in [6.07, 6.45) is 2.96. The van der Waals surface area contributed by atoms with Gasteiger partial charge in [-0.2, -0.15) is 0 Å². The van der Waals surface area contributed by atoms with Gasteiger partial charge in [-0.25, -0.2) is 0 Å². The molecular formula is C7H8Cl2O. The molecule has 2 rings (SSSR count). The van der Waals surface area contributed by atoms with E-state index in [2.05, 4.69) is 0 Å². The molecule has 0 amide bonds. The van der Waals surface area contributed by atoms with E-state index in [1.165, 1.54) is 0 Å². The molecular weight excluding hydrogens is 171 g/mol. The normalized spacial score (nSPS) is 42.8. The van der Waals surface area contributed by atoms with Crippen molar-refractivity contribution in [2.24, 2.45) is 11.8 Å². The van der Waals surface area contributed by atoms with Gasteiger partial charge in [-0.3, -0.25) is 4.79 Å². The number of Topliss-reactive ketones (excluding diaryl/α,β-unsaturated/α-hetero) is 1. The zero-order valence-corrected chi connectivity index (χ0v) is 6.95. The van der Waals surface area contributed by atoms with Crippen molar-refractivity contribution in [1.82, 2.24) is 0 Å². The number of alkyl halides is 2. The molecule has 0 aromatic carbocycles. The molecule has 2 aliphatic rings. The Hall–Kier alpha value is 0.250. The Morgan fingerprint density at radius 3 is 2.40 bits per heavy atom. The Labute approximate surface area is 69.7 Å². The lowest BCUT2D eigenvalue weighted by Gasteiger charge is -2.22. The van der Waals surface area contributed by atoms with Crippen molar-refractivity contribution >= 4 is 29.0 Å². The van der Waals surface area contributed by atoms with Gasteiger partial charge in [0.05, 0.1) is 0 Å². The minimum atomic E-state index is -1.02. The molecule has 2 aliphatic carbocycles. The second-order valence-electron chi connectivity index (χ2n) is 3.19. The molecule has 2 atom stereocenters. The van der Waals surface area contributed by atoms with Gasteiger partial charge >= 0.3 is 0 Å². The largest absolute Gasteiger partial charge is 0.296 e. The maximum atomic E-state index is 11.2. The molecule has 0 aromatic heterocycles. The molecule has 2 fully saturated rings. The Bertz CT molecular complexity index is 188. The van der Waals surface area contributed by atoms with Gasteiger partial charge in [0.2, 0.25) is 0 Å². The van der Waals surface area contributed by atoms with E-state index in [1.807, 2.05) is 0 Å². The Balaban J connectivity index is 2.34. The van der Waals surface area contributed by atoms with Crippen LogP contribution < -0.4 is 0 Å². The van der Waals surface area contributed by atoms with Gasteiger partial charge < -0.3 is 0 Å². The predicted molar refractivity (Wildman–Crippen MR) is 40.3 cm³/mol. The average Bonchev–Trinajstić information content (AvgIpc) is 2.37. The fourth-order valence-corrected chi connectivity index (χ4v) is 2.73. The van der Waals surface area contributed by atoms with E-state index in [1.54, 1.807) is 0 Å². The van der Waals surface area contributed by atoms with Crippen molar-refractivity contribution < 1.29 is 4.79 Å². The lowest BCUT2D eigenvalue weighted by molar-refractivity contribution is -0.122. The molecule has 10 heavy (non-hydrogen) atoms. The summed E-state index contributed by atoms with van der Waals surface area (Å²) in [6, 6.07) is 0. The topological polar surface area (TPSA) is 17.1 Å². The minimum Gasteiger partial charge on any atom is -0.296 e. The molecule has 0 aromatic rings. The standard InChI is InChI=1S/C7H8Cl2O/c8-7(9)5-2-1-4(3-5)6(7)10/h4-5H,1-3H2. The van der Waals surface area contributed by atoms with Gasteiger partial charge in [-0.05, 0) is 25.2 Å². The van der Waals surface area contributed by atoms with Gasteiger partial charge in [-0.15, -0.1) is 0 Å². The van der Waals surface area contributed by atoms with Crippen LogP contribution in [0, 0.1) is 11.8 Å². The highest BCUT2D eigenvalue weighted by molar-refractivity contribution is 6.59. The van der Waals surface area contributed by atoms with E-state index >= 15 is 0 Å². The molecule has 2 unspecified atom stereocenters. The summed E-state index contributed by atoms with van der Waals surface area (Å²) in [7, 11) is 0. The van der Waals surface area contributed by atoms with Crippen LogP contribution in [0.2, 0.25) is 0 Å². The summed E-state index contributed by atoms with van der Waals surface area (Å²) >= 11 is 11.7. The maximum absolute atomic E-state index is 11.2. The van der Waals surface area contributed by atoms with E-state index < -0.39 is 4.33 Å². The summed E-state index contributed by atoms with van der Waals surface area (Å²) < 4.78 is -1.02. The number of halogens is 2. The zero-order chi connectivity index (χ0) is 7.35. The molecule has 0 spiro atoms. The number of hydrogen-bond donors (Lipinski definition) is 0. The number of rotatable bonds is 0. The highest BCUT2D eigenvalue weighted by Gasteiger charge is 2.56. The number of carbonyl (C=O) groups excluding carboxylic acids is 1. The number of carbonyl (C=O) groups is 1. The fraction of sp³-hybridized carbons (Fsp3) is 0.857. The predicted octanol–water partition coefficient (Wildman–Crippen LogP) is 2.16. The first-order chi connectivity index (χ1) is 4.62. The van der Waals surface area contributed by atoms with Crippen molar-refractivity contribution in [1.29, 1.82) is 0 Å². The number of fused-ring (bicyclic) bond motifs is 2. The van der Waals surface area contributed by atoms with Crippen LogP contribution in [0.1, 0.15) is 19.3 Å². The van der Waals surface area contributed by atoms with Crippen LogP contribution in [-0.2, 0) is 4.79 Å². The van der Waals surface area contributed by atoms with Crippen molar-refractivity contribution in [2.75, 3.05) is 0 Å². The van der Waals surface area contributed by atoms with Gasteiger partial charge in [0.15, 0.2) is 10.1 Å². The Morgan fingerprint density at radius 1 is 1.40 bits per heavy atom. The molecule has 2 bridgehead atoms. The van der Waals surface area contributed by atoms with E-state index in [-0.39, 0.29) is 17.6 Å². The number of ketones is 1. The molecule has 0 N–H and O–H groups in total. The van der Waals surface area contributed by atoms with E-state index in [9.17, 15) is 4.79 Å². The van der Waals surface area contributed by atoms with E-state index in [0.29, 0.717) is 0 Å². The Kier molecular flexibility index (Phi) is 1.31. The van der Waals surface area contributed by atoms with E-state index in [4.69, 9.17) is 23.2 Å². The van der Waals surface area contributed by atoms with Gasteiger partial charge in [0.1, 0.15) is 0 Å². The van der Waals surface area contributed by atoms with E-state index in [0.717, 1.165) is 19.3 Å². The summed E-state index contributed by atoms with van der Waals surface area (Å²) in [6.45, 7) is 0. The lowest BCUT2D eigenvalue weighted by atomic mass is 9.98. The van der Waals surface area contributed by atoms with Crippen LogP contribution in [0.4, 0.5) is 0 Å². The maximum Gasteiger partial charge on any atom is 0.179 e. The van der Waals surface area contributed by atoms with Gasteiger partial charge in [-0.1, -0.05) is 23.2 Å². The first-order valence-corrected chi connectivity index (χ1v) is 4.30. The first-order valence-electron chi connectivity index (χ1n) is 3.54. The van der Waals surface area contributed by atoms with Crippen LogP contribution in [-0.4, -0.2) is 10.1 Å². The lowest BCUT2D eigenvalue weighted by Crippen LogP contribution is -2.32. The van der Waals surface area contributed by atoms with Crippen molar-refractivity contribution in [3.05, 3.63) is 0 Å². The minimum absolute atomic E-state index is 0.0621. The van der Waals surface area contributed by atoms with Crippen LogP contribution in [0.5, 0.6) is 0 Å². The summed E-state index contributed by atoms with van der Waals surface area (Å²) in [5.41, 5.74) is 0. The molecule has 0 radical (unpaired) electrons. The molecule has 0 heterocycles. The molecule has 1 nitrogen and oxygen atoms in total. The second kappa shape index (κ2) is 1.89. The van der Waals surface area contributed by atoms with Gasteiger partial charge in [0.25, 0.3) is 0 Å². The molecule has 3 heteroatoms. The third kappa shape index (κ3) is 0.680. The molecule has 0 aliphatic heterocycles. The molecule has 56 valence electrons.